The minimum atomic E-state index is -4.86. The smallest absolute Gasteiger partial charge is 0.418 e. The standard InChI is InChI=1S/C9H6Cl3F3O2/c1-17-7-4(10)2-3(5(11)6(7)12)8(16)9(13,14)15/h2,8,16H,1H3. The van der Waals surface area contributed by atoms with Gasteiger partial charge < -0.3 is 9.84 Å². The molecule has 96 valence electrons. The van der Waals surface area contributed by atoms with Gasteiger partial charge in [0.15, 0.2) is 11.9 Å². The molecule has 0 aliphatic heterocycles. The van der Waals surface area contributed by atoms with Gasteiger partial charge in [0.2, 0.25) is 0 Å². The van der Waals surface area contributed by atoms with E-state index in [0.29, 0.717) is 0 Å². The van der Waals surface area contributed by atoms with Crippen LogP contribution in [0.5, 0.6) is 5.75 Å². The zero-order valence-corrected chi connectivity index (χ0v) is 10.5. The molecule has 0 radical (unpaired) electrons. The van der Waals surface area contributed by atoms with E-state index in [-0.39, 0.29) is 15.8 Å². The lowest BCUT2D eigenvalue weighted by Crippen LogP contribution is -2.20. The molecule has 0 fully saturated rings. The summed E-state index contributed by atoms with van der Waals surface area (Å²) in [6.45, 7) is 0. The highest BCUT2D eigenvalue weighted by Gasteiger charge is 2.41. The number of alkyl halides is 3. The summed E-state index contributed by atoms with van der Waals surface area (Å²) in [7, 11) is 1.24. The van der Waals surface area contributed by atoms with Crippen molar-refractivity contribution in [2.75, 3.05) is 7.11 Å². The van der Waals surface area contributed by atoms with Crippen molar-refractivity contribution in [3.63, 3.8) is 0 Å². The molecule has 1 rings (SSSR count). The summed E-state index contributed by atoms with van der Waals surface area (Å²) in [5.41, 5.74) is -0.616. The highest BCUT2D eigenvalue weighted by molar-refractivity contribution is 6.45. The molecule has 8 heteroatoms. The van der Waals surface area contributed by atoms with E-state index in [2.05, 4.69) is 0 Å². The average molecular weight is 309 g/mol. The van der Waals surface area contributed by atoms with Gasteiger partial charge in [-0.05, 0) is 6.07 Å². The Morgan fingerprint density at radius 1 is 1.24 bits per heavy atom. The molecule has 0 spiro atoms. The lowest BCUT2D eigenvalue weighted by atomic mass is 10.1. The summed E-state index contributed by atoms with van der Waals surface area (Å²) in [5.74, 6) is -0.0449. The minimum Gasteiger partial charge on any atom is -0.494 e. The molecule has 1 aromatic rings. The van der Waals surface area contributed by atoms with E-state index >= 15 is 0 Å². The van der Waals surface area contributed by atoms with Crippen molar-refractivity contribution in [1.82, 2.24) is 0 Å². The third-order valence-corrected chi connectivity index (χ3v) is 3.10. The summed E-state index contributed by atoms with van der Waals surface area (Å²) in [4.78, 5) is 0. The van der Waals surface area contributed by atoms with Gasteiger partial charge in [0.1, 0.15) is 5.02 Å². The molecule has 1 N–H and O–H groups in total. The Hall–Kier alpha value is -0.360. The molecule has 17 heavy (non-hydrogen) atoms. The second kappa shape index (κ2) is 5.10. The molecule has 0 bridgehead atoms. The van der Waals surface area contributed by atoms with Crippen LogP contribution in [-0.2, 0) is 0 Å². The Kier molecular flexibility index (Phi) is 4.41. The SMILES string of the molecule is COc1c(Cl)cc(C(O)C(F)(F)F)c(Cl)c1Cl. The summed E-state index contributed by atoms with van der Waals surface area (Å²) < 4.78 is 41.8. The number of hydrogen-bond acceptors (Lipinski definition) is 2. The largest absolute Gasteiger partial charge is 0.494 e. The van der Waals surface area contributed by atoms with Crippen LogP contribution in [-0.4, -0.2) is 18.4 Å². The number of aliphatic hydroxyl groups is 1. The van der Waals surface area contributed by atoms with E-state index in [1.165, 1.54) is 7.11 Å². The maximum atomic E-state index is 12.3. The van der Waals surface area contributed by atoms with E-state index in [9.17, 15) is 13.2 Å². The Balaban J connectivity index is 3.38. The molecule has 1 unspecified atom stereocenters. The van der Waals surface area contributed by atoms with E-state index in [1.54, 1.807) is 0 Å². The molecule has 0 aliphatic rings. The molecule has 1 aromatic carbocycles. The maximum absolute atomic E-state index is 12.3. The Morgan fingerprint density at radius 3 is 2.18 bits per heavy atom. The Labute approximate surface area is 110 Å². The highest BCUT2D eigenvalue weighted by Crippen LogP contribution is 2.45. The fraction of sp³-hybridized carbons (Fsp3) is 0.333. The Morgan fingerprint density at radius 2 is 1.76 bits per heavy atom. The molecule has 0 saturated carbocycles. The van der Waals surface area contributed by atoms with Crippen molar-refractivity contribution in [2.45, 2.75) is 12.3 Å². The molecular weight excluding hydrogens is 303 g/mol. The van der Waals surface area contributed by atoms with Gasteiger partial charge in [-0.1, -0.05) is 34.8 Å². The minimum absolute atomic E-state index is 0.0449. The van der Waals surface area contributed by atoms with Crippen LogP contribution in [0.1, 0.15) is 11.7 Å². The van der Waals surface area contributed by atoms with Crippen LogP contribution in [0.25, 0.3) is 0 Å². The van der Waals surface area contributed by atoms with Crippen LogP contribution in [0.4, 0.5) is 13.2 Å². The van der Waals surface area contributed by atoms with Crippen LogP contribution in [0.15, 0.2) is 6.07 Å². The third-order valence-electron chi connectivity index (χ3n) is 1.95. The van der Waals surface area contributed by atoms with Gasteiger partial charge in [-0.25, -0.2) is 0 Å². The molecule has 0 amide bonds. The van der Waals surface area contributed by atoms with Crippen LogP contribution in [0.3, 0.4) is 0 Å². The zero-order chi connectivity index (χ0) is 13.4. The molecule has 2 nitrogen and oxygen atoms in total. The highest BCUT2D eigenvalue weighted by atomic mass is 35.5. The quantitative estimate of drug-likeness (QED) is 0.828. The van der Waals surface area contributed by atoms with E-state index in [1.807, 2.05) is 0 Å². The van der Waals surface area contributed by atoms with Crippen molar-refractivity contribution in [3.05, 3.63) is 26.7 Å². The summed E-state index contributed by atoms with van der Waals surface area (Å²) >= 11 is 17.0. The fourth-order valence-electron chi connectivity index (χ4n) is 1.16. The monoisotopic (exact) mass is 308 g/mol. The second-order valence-corrected chi connectivity index (χ2v) is 4.22. The van der Waals surface area contributed by atoms with E-state index in [4.69, 9.17) is 44.6 Å². The first-order chi connectivity index (χ1) is 7.70. The van der Waals surface area contributed by atoms with Crippen molar-refractivity contribution in [1.29, 1.82) is 0 Å². The van der Waals surface area contributed by atoms with Gasteiger partial charge in [0.05, 0.1) is 17.2 Å². The average Bonchev–Trinajstić information content (AvgIpc) is 2.22. The van der Waals surface area contributed by atoms with Gasteiger partial charge in [-0.15, -0.1) is 0 Å². The van der Waals surface area contributed by atoms with Crippen molar-refractivity contribution >= 4 is 34.8 Å². The number of hydrogen-bond donors (Lipinski definition) is 1. The van der Waals surface area contributed by atoms with Crippen LogP contribution < -0.4 is 4.74 Å². The molecule has 0 aromatic heterocycles. The predicted octanol–water partition coefficient (Wildman–Crippen LogP) is 4.25. The van der Waals surface area contributed by atoms with Crippen molar-refractivity contribution in [2.24, 2.45) is 0 Å². The number of rotatable bonds is 2. The topological polar surface area (TPSA) is 29.5 Å². The van der Waals surface area contributed by atoms with Gasteiger partial charge in [0, 0.05) is 5.56 Å². The Bertz CT molecular complexity index is 434. The molecule has 0 heterocycles. The van der Waals surface area contributed by atoms with Crippen LogP contribution in [0, 0.1) is 0 Å². The fourth-order valence-corrected chi connectivity index (χ4v) is 2.03. The number of ether oxygens (including phenoxy) is 1. The lowest BCUT2D eigenvalue weighted by molar-refractivity contribution is -0.206. The molecule has 0 saturated heterocycles. The summed E-state index contributed by atoms with van der Waals surface area (Å²) in [6, 6.07) is 0.868. The van der Waals surface area contributed by atoms with Crippen LogP contribution in [0.2, 0.25) is 15.1 Å². The van der Waals surface area contributed by atoms with Gasteiger partial charge in [-0.3, -0.25) is 0 Å². The zero-order valence-electron chi connectivity index (χ0n) is 8.28. The molecule has 1 atom stereocenters. The predicted molar refractivity (Wildman–Crippen MR) is 59.0 cm³/mol. The first-order valence-electron chi connectivity index (χ1n) is 4.16. The second-order valence-electron chi connectivity index (χ2n) is 3.05. The number of aliphatic hydroxyl groups excluding tert-OH is 1. The first kappa shape index (κ1) is 14.7. The molecule has 0 aliphatic carbocycles. The van der Waals surface area contributed by atoms with Gasteiger partial charge in [0.25, 0.3) is 0 Å². The number of benzene rings is 1. The number of halogens is 6. The number of methoxy groups -OCH3 is 1. The summed E-state index contributed by atoms with van der Waals surface area (Å²) in [6.07, 6.45) is -7.61. The maximum Gasteiger partial charge on any atom is 0.418 e. The van der Waals surface area contributed by atoms with Crippen molar-refractivity contribution in [3.8, 4) is 5.75 Å². The first-order valence-corrected chi connectivity index (χ1v) is 5.29. The third kappa shape index (κ3) is 2.91. The molecular formula is C9H6Cl3F3O2. The van der Waals surface area contributed by atoms with E-state index < -0.39 is 22.9 Å². The lowest BCUT2D eigenvalue weighted by Gasteiger charge is -2.18. The normalized spacial score (nSPS) is 13.6. The van der Waals surface area contributed by atoms with Gasteiger partial charge >= 0.3 is 6.18 Å². The summed E-state index contributed by atoms with van der Waals surface area (Å²) in [5, 5.41) is 8.19. The van der Waals surface area contributed by atoms with Crippen LogP contribution >= 0.6 is 34.8 Å². The van der Waals surface area contributed by atoms with Gasteiger partial charge in [-0.2, -0.15) is 13.2 Å². The van der Waals surface area contributed by atoms with E-state index in [0.717, 1.165) is 6.07 Å². The van der Waals surface area contributed by atoms with Crippen molar-refractivity contribution < 1.29 is 23.0 Å².